The molecule has 0 spiro atoms. The maximum absolute atomic E-state index is 13.9. The molecule has 3 rings (SSSR count). The molecule has 0 saturated heterocycles. The van der Waals surface area contributed by atoms with E-state index in [9.17, 15) is 18.0 Å². The molecule has 0 radical (unpaired) electrons. The SMILES string of the molecule is CCOCCCNC(=O)[C@H](c1ccccc1)N(Cc1ccccc1)C(=O)CN(Cc1ccccc1)S(C)(=O)=O. The molecule has 0 aromatic heterocycles. The number of carbonyl (C=O) groups is 2. The molecule has 39 heavy (non-hydrogen) atoms. The molecular weight excluding hydrogens is 514 g/mol. The van der Waals surface area contributed by atoms with Gasteiger partial charge in [0.1, 0.15) is 6.04 Å². The van der Waals surface area contributed by atoms with Crippen molar-refractivity contribution in [2.24, 2.45) is 0 Å². The Morgan fingerprint density at radius 1 is 0.846 bits per heavy atom. The van der Waals surface area contributed by atoms with Crippen molar-refractivity contribution < 1.29 is 22.7 Å². The van der Waals surface area contributed by atoms with Crippen molar-refractivity contribution in [1.82, 2.24) is 14.5 Å². The van der Waals surface area contributed by atoms with Crippen LogP contribution < -0.4 is 5.32 Å². The molecule has 1 atom stereocenters. The fraction of sp³-hybridized carbons (Fsp3) is 0.333. The predicted molar refractivity (Wildman–Crippen MR) is 152 cm³/mol. The van der Waals surface area contributed by atoms with E-state index in [4.69, 9.17) is 4.74 Å². The van der Waals surface area contributed by atoms with Crippen LogP contribution in [-0.4, -0.2) is 62.0 Å². The van der Waals surface area contributed by atoms with Crippen LogP contribution in [0.1, 0.15) is 36.1 Å². The van der Waals surface area contributed by atoms with Crippen LogP contribution >= 0.6 is 0 Å². The molecule has 8 nitrogen and oxygen atoms in total. The second-order valence-electron chi connectivity index (χ2n) is 9.18. The van der Waals surface area contributed by atoms with Gasteiger partial charge in [0.25, 0.3) is 0 Å². The zero-order valence-electron chi connectivity index (χ0n) is 22.5. The Balaban J connectivity index is 1.94. The van der Waals surface area contributed by atoms with Crippen LogP contribution in [0.4, 0.5) is 0 Å². The summed E-state index contributed by atoms with van der Waals surface area (Å²) in [5.41, 5.74) is 2.22. The lowest BCUT2D eigenvalue weighted by atomic mass is 10.0. The lowest BCUT2D eigenvalue weighted by molar-refractivity contribution is -0.141. The number of benzene rings is 3. The number of sulfonamides is 1. The molecule has 0 aliphatic rings. The molecule has 0 aliphatic heterocycles. The fourth-order valence-corrected chi connectivity index (χ4v) is 4.89. The standard InChI is InChI=1S/C30H37N3O5S/c1-3-38-21-13-20-31-30(35)29(27-18-11-6-12-19-27)33(23-26-16-9-5-10-17-26)28(34)24-32(39(2,36)37)22-25-14-7-4-8-15-25/h4-12,14-19,29H,3,13,20-24H2,1-2H3,(H,31,35)/t29-/m0/s1. The number of hydrogen-bond donors (Lipinski definition) is 1. The van der Waals surface area contributed by atoms with E-state index in [1.165, 1.54) is 4.90 Å². The molecule has 3 aromatic rings. The number of hydrogen-bond acceptors (Lipinski definition) is 5. The van der Waals surface area contributed by atoms with Crippen LogP contribution in [0.15, 0.2) is 91.0 Å². The van der Waals surface area contributed by atoms with Crippen LogP contribution in [0.2, 0.25) is 0 Å². The zero-order chi connectivity index (χ0) is 28.1. The highest BCUT2D eigenvalue weighted by atomic mass is 32.2. The number of nitrogens with one attached hydrogen (secondary N) is 1. The highest BCUT2D eigenvalue weighted by Gasteiger charge is 2.33. The third kappa shape index (κ3) is 9.62. The average Bonchev–Trinajstić information content (AvgIpc) is 2.93. The van der Waals surface area contributed by atoms with Crippen LogP contribution in [0.25, 0.3) is 0 Å². The Morgan fingerprint density at radius 3 is 1.92 bits per heavy atom. The van der Waals surface area contributed by atoms with Crippen molar-refractivity contribution in [2.75, 3.05) is 32.6 Å². The van der Waals surface area contributed by atoms with Gasteiger partial charge in [-0.25, -0.2) is 8.42 Å². The van der Waals surface area contributed by atoms with E-state index in [0.29, 0.717) is 31.7 Å². The van der Waals surface area contributed by atoms with E-state index >= 15 is 0 Å². The molecule has 2 amide bonds. The summed E-state index contributed by atoms with van der Waals surface area (Å²) in [5, 5.41) is 2.94. The van der Waals surface area contributed by atoms with E-state index in [1.807, 2.05) is 85.8 Å². The molecule has 1 N–H and O–H groups in total. The summed E-state index contributed by atoms with van der Waals surface area (Å²) >= 11 is 0. The van der Waals surface area contributed by atoms with Gasteiger partial charge in [-0.2, -0.15) is 4.31 Å². The van der Waals surface area contributed by atoms with Gasteiger partial charge in [0.15, 0.2) is 0 Å². The van der Waals surface area contributed by atoms with E-state index in [1.54, 1.807) is 12.1 Å². The lowest BCUT2D eigenvalue weighted by Gasteiger charge is -2.33. The summed E-state index contributed by atoms with van der Waals surface area (Å²) < 4.78 is 32.0. The van der Waals surface area contributed by atoms with Gasteiger partial charge in [-0.1, -0.05) is 91.0 Å². The monoisotopic (exact) mass is 551 g/mol. The third-order valence-electron chi connectivity index (χ3n) is 6.14. The fourth-order valence-electron chi connectivity index (χ4n) is 4.16. The average molecular weight is 552 g/mol. The van der Waals surface area contributed by atoms with Crippen LogP contribution in [0.3, 0.4) is 0 Å². The summed E-state index contributed by atoms with van der Waals surface area (Å²) in [4.78, 5) is 29.0. The molecule has 0 aliphatic carbocycles. The van der Waals surface area contributed by atoms with Gasteiger partial charge in [0.05, 0.1) is 12.8 Å². The number of carbonyl (C=O) groups excluding carboxylic acids is 2. The predicted octanol–water partition coefficient (Wildman–Crippen LogP) is 3.76. The van der Waals surface area contributed by atoms with Crippen molar-refractivity contribution in [3.63, 3.8) is 0 Å². The molecule has 0 fully saturated rings. The Hall–Kier alpha value is -3.53. The summed E-state index contributed by atoms with van der Waals surface area (Å²) in [6.45, 7) is 3.19. The van der Waals surface area contributed by atoms with Crippen molar-refractivity contribution in [3.8, 4) is 0 Å². The molecule has 0 bridgehead atoms. The second-order valence-corrected chi connectivity index (χ2v) is 11.2. The van der Waals surface area contributed by atoms with Crippen molar-refractivity contribution in [3.05, 3.63) is 108 Å². The van der Waals surface area contributed by atoms with Gasteiger partial charge < -0.3 is 15.0 Å². The summed E-state index contributed by atoms with van der Waals surface area (Å²) in [6.07, 6.45) is 1.72. The van der Waals surface area contributed by atoms with Gasteiger partial charge in [-0.3, -0.25) is 9.59 Å². The smallest absolute Gasteiger partial charge is 0.247 e. The zero-order valence-corrected chi connectivity index (χ0v) is 23.3. The second kappa shape index (κ2) is 15.2. The van der Waals surface area contributed by atoms with Crippen LogP contribution in [0.5, 0.6) is 0 Å². The highest BCUT2D eigenvalue weighted by Crippen LogP contribution is 2.25. The highest BCUT2D eigenvalue weighted by molar-refractivity contribution is 7.88. The van der Waals surface area contributed by atoms with Crippen LogP contribution in [-0.2, 0) is 37.4 Å². The maximum Gasteiger partial charge on any atom is 0.247 e. The largest absolute Gasteiger partial charge is 0.382 e. The van der Waals surface area contributed by atoms with Crippen molar-refractivity contribution in [1.29, 1.82) is 0 Å². The molecule has 0 heterocycles. The summed E-state index contributed by atoms with van der Waals surface area (Å²) in [5.74, 6) is -0.811. The van der Waals surface area contributed by atoms with E-state index in [0.717, 1.165) is 21.7 Å². The first kappa shape index (κ1) is 30.0. The molecular formula is C30H37N3O5S. The first-order chi connectivity index (χ1) is 18.8. The van der Waals surface area contributed by atoms with Gasteiger partial charge in [-0.15, -0.1) is 0 Å². The van der Waals surface area contributed by atoms with E-state index in [2.05, 4.69) is 5.32 Å². The van der Waals surface area contributed by atoms with Crippen LogP contribution in [0, 0.1) is 0 Å². The van der Waals surface area contributed by atoms with E-state index in [-0.39, 0.29) is 19.0 Å². The van der Waals surface area contributed by atoms with Gasteiger partial charge in [0.2, 0.25) is 21.8 Å². The quantitative estimate of drug-likeness (QED) is 0.290. The number of amides is 2. The Kier molecular flexibility index (Phi) is 11.7. The first-order valence-electron chi connectivity index (χ1n) is 13.0. The van der Waals surface area contributed by atoms with Crippen molar-refractivity contribution in [2.45, 2.75) is 32.5 Å². The molecule has 3 aromatic carbocycles. The number of nitrogens with zero attached hydrogens (tertiary/aromatic N) is 2. The summed E-state index contributed by atoms with van der Waals surface area (Å²) in [6, 6.07) is 26.6. The van der Waals surface area contributed by atoms with Gasteiger partial charge in [0, 0.05) is 32.8 Å². The van der Waals surface area contributed by atoms with Crippen molar-refractivity contribution >= 4 is 21.8 Å². The molecule has 0 saturated carbocycles. The minimum absolute atomic E-state index is 0.0459. The Bertz CT molecular complexity index is 1270. The Labute approximate surface area is 231 Å². The number of ether oxygens (including phenoxy) is 1. The molecule has 208 valence electrons. The maximum atomic E-state index is 13.9. The first-order valence-corrected chi connectivity index (χ1v) is 14.9. The minimum Gasteiger partial charge on any atom is -0.382 e. The minimum atomic E-state index is -3.73. The topological polar surface area (TPSA) is 96.0 Å². The molecule has 0 unspecified atom stereocenters. The van der Waals surface area contributed by atoms with Gasteiger partial charge >= 0.3 is 0 Å². The summed E-state index contributed by atoms with van der Waals surface area (Å²) in [7, 11) is -3.73. The Morgan fingerprint density at radius 2 is 1.38 bits per heavy atom. The van der Waals surface area contributed by atoms with Gasteiger partial charge in [-0.05, 0) is 30.0 Å². The third-order valence-corrected chi connectivity index (χ3v) is 7.34. The number of rotatable bonds is 15. The van der Waals surface area contributed by atoms with E-state index < -0.39 is 28.5 Å². The lowest BCUT2D eigenvalue weighted by Crippen LogP contribution is -2.48. The normalized spacial score (nSPS) is 12.2. The molecule has 9 heteroatoms.